The number of rotatable bonds is 4. The van der Waals surface area contributed by atoms with Crippen molar-refractivity contribution in [2.24, 2.45) is 0 Å². The molecule has 0 unspecified atom stereocenters. The molecule has 4 heterocycles. The van der Waals surface area contributed by atoms with Crippen molar-refractivity contribution >= 4 is 29.4 Å². The molecule has 1 spiro atoms. The van der Waals surface area contributed by atoms with Crippen molar-refractivity contribution in [1.82, 2.24) is 4.98 Å². The van der Waals surface area contributed by atoms with Crippen LogP contribution in [-0.4, -0.2) is 56.2 Å². The predicted molar refractivity (Wildman–Crippen MR) is 123 cm³/mol. The molecular formula is C25H26F3N3O4. The molecule has 35 heavy (non-hydrogen) atoms. The molecule has 3 aliphatic heterocycles. The van der Waals surface area contributed by atoms with Crippen LogP contribution in [0.2, 0.25) is 0 Å². The second kappa shape index (κ2) is 9.50. The van der Waals surface area contributed by atoms with Crippen LogP contribution in [0.3, 0.4) is 0 Å². The summed E-state index contributed by atoms with van der Waals surface area (Å²) in [5.74, 6) is -2.96. The summed E-state index contributed by atoms with van der Waals surface area (Å²) in [5.41, 5.74) is 0.537. The van der Waals surface area contributed by atoms with Crippen molar-refractivity contribution in [1.29, 1.82) is 0 Å². The topological polar surface area (TPSA) is 64.1 Å². The van der Waals surface area contributed by atoms with Crippen LogP contribution >= 0.6 is 0 Å². The van der Waals surface area contributed by atoms with Gasteiger partial charge >= 0.3 is 5.97 Å². The fraction of sp³-hybridized carbons (Fsp3) is 0.440. The van der Waals surface area contributed by atoms with Crippen LogP contribution in [-0.2, 0) is 19.0 Å². The molecule has 5 rings (SSSR count). The van der Waals surface area contributed by atoms with Crippen molar-refractivity contribution in [3.8, 4) is 0 Å². The van der Waals surface area contributed by atoms with Crippen molar-refractivity contribution in [2.45, 2.75) is 32.0 Å². The zero-order chi connectivity index (χ0) is 24.6. The van der Waals surface area contributed by atoms with Gasteiger partial charge in [-0.3, -0.25) is 0 Å². The lowest BCUT2D eigenvalue weighted by atomic mass is 10.0. The summed E-state index contributed by atoms with van der Waals surface area (Å²) >= 11 is 0. The van der Waals surface area contributed by atoms with E-state index < -0.39 is 29.2 Å². The van der Waals surface area contributed by atoms with E-state index in [0.717, 1.165) is 18.6 Å². The van der Waals surface area contributed by atoms with Gasteiger partial charge in [-0.15, -0.1) is 0 Å². The van der Waals surface area contributed by atoms with E-state index in [-0.39, 0.29) is 36.0 Å². The lowest BCUT2D eigenvalue weighted by molar-refractivity contribution is -0.275. The van der Waals surface area contributed by atoms with Gasteiger partial charge in [0.25, 0.3) is 0 Å². The van der Waals surface area contributed by atoms with Gasteiger partial charge in [0.2, 0.25) is 0 Å². The van der Waals surface area contributed by atoms with Gasteiger partial charge in [-0.1, -0.05) is 0 Å². The number of piperidine rings is 1. The highest BCUT2D eigenvalue weighted by molar-refractivity contribution is 5.98. The van der Waals surface area contributed by atoms with E-state index in [1.54, 1.807) is 6.92 Å². The van der Waals surface area contributed by atoms with Crippen LogP contribution < -0.4 is 9.80 Å². The van der Waals surface area contributed by atoms with E-state index in [1.807, 2.05) is 4.90 Å². The number of aromatic nitrogens is 1. The summed E-state index contributed by atoms with van der Waals surface area (Å²) in [6, 6.07) is 4.44. The molecule has 0 amide bonds. The normalized spacial score (nSPS) is 19.4. The number of benzene rings is 1. The highest BCUT2D eigenvalue weighted by Crippen LogP contribution is 2.39. The highest BCUT2D eigenvalue weighted by atomic mass is 19.1. The number of esters is 1. The lowest BCUT2D eigenvalue weighted by Gasteiger charge is -2.44. The van der Waals surface area contributed by atoms with Crippen molar-refractivity contribution < 1.29 is 32.2 Å². The Hall–Kier alpha value is -3.11. The summed E-state index contributed by atoms with van der Waals surface area (Å²) in [6.45, 7) is 3.99. The first-order valence-corrected chi connectivity index (χ1v) is 11.7. The Balaban J connectivity index is 1.51. The third-order valence-electron chi connectivity index (χ3n) is 6.46. The molecule has 186 valence electrons. The third-order valence-corrected chi connectivity index (χ3v) is 6.46. The molecule has 0 N–H and O–H groups in total. The van der Waals surface area contributed by atoms with Crippen molar-refractivity contribution in [3.63, 3.8) is 0 Å². The Bertz CT molecular complexity index is 1160. The molecule has 10 heteroatoms. The monoisotopic (exact) mass is 489 g/mol. The van der Waals surface area contributed by atoms with Crippen LogP contribution in [0.5, 0.6) is 0 Å². The number of fused-ring (bicyclic) bond motifs is 1. The summed E-state index contributed by atoms with van der Waals surface area (Å²) in [5, 5.41) is 0. The molecule has 2 fully saturated rings. The summed E-state index contributed by atoms with van der Waals surface area (Å²) in [7, 11) is 0. The molecular weight excluding hydrogens is 463 g/mol. The smallest absolute Gasteiger partial charge is 0.335 e. The maximum absolute atomic E-state index is 15.3. The summed E-state index contributed by atoms with van der Waals surface area (Å²) in [4.78, 5) is 20.3. The number of ether oxygens (including phenoxy) is 3. The summed E-state index contributed by atoms with van der Waals surface area (Å²) < 4.78 is 60.5. The van der Waals surface area contributed by atoms with Crippen LogP contribution in [0.4, 0.5) is 30.5 Å². The van der Waals surface area contributed by atoms with Gasteiger partial charge in [0.1, 0.15) is 17.5 Å². The minimum absolute atomic E-state index is 0.0224. The van der Waals surface area contributed by atoms with E-state index in [2.05, 4.69) is 4.98 Å². The van der Waals surface area contributed by atoms with Gasteiger partial charge in [-0.2, -0.15) is 0 Å². The minimum Gasteiger partial charge on any atom is -0.463 e. The molecule has 7 nitrogen and oxygen atoms in total. The molecule has 3 aliphatic rings. The number of hydrogen-bond acceptors (Lipinski definition) is 7. The van der Waals surface area contributed by atoms with E-state index in [1.165, 1.54) is 23.1 Å². The molecule has 0 atom stereocenters. The number of carbonyl (C=O) groups is 1. The van der Waals surface area contributed by atoms with Crippen LogP contribution in [0.1, 0.15) is 31.7 Å². The molecule has 1 aromatic carbocycles. The SMILES string of the molecule is CCOC(=O)C1=Cc2cc(F)c(N3CCC4(CC3)OCCCO4)nc2N(c2ccc(F)cc2F)C1. The van der Waals surface area contributed by atoms with Crippen molar-refractivity contribution in [3.05, 3.63) is 52.9 Å². The van der Waals surface area contributed by atoms with Gasteiger partial charge in [-0.05, 0) is 37.6 Å². The van der Waals surface area contributed by atoms with E-state index in [4.69, 9.17) is 14.2 Å². The quantitative estimate of drug-likeness (QED) is 0.593. The van der Waals surface area contributed by atoms with Crippen LogP contribution in [0.15, 0.2) is 29.8 Å². The number of pyridine rings is 1. The number of carbonyl (C=O) groups excluding carboxylic acids is 1. The zero-order valence-electron chi connectivity index (χ0n) is 19.4. The average Bonchev–Trinajstić information content (AvgIpc) is 2.84. The first-order chi connectivity index (χ1) is 16.9. The average molecular weight is 489 g/mol. The minimum atomic E-state index is -0.819. The first kappa shape index (κ1) is 23.6. The predicted octanol–water partition coefficient (Wildman–Crippen LogP) is 4.33. The molecule has 2 aromatic rings. The fourth-order valence-corrected chi connectivity index (χ4v) is 4.72. The van der Waals surface area contributed by atoms with E-state index >= 15 is 4.39 Å². The van der Waals surface area contributed by atoms with E-state index in [0.29, 0.717) is 44.7 Å². The zero-order valence-corrected chi connectivity index (χ0v) is 19.4. The van der Waals surface area contributed by atoms with Crippen molar-refractivity contribution in [2.75, 3.05) is 49.3 Å². The Morgan fingerprint density at radius 2 is 1.83 bits per heavy atom. The van der Waals surface area contributed by atoms with Gasteiger partial charge < -0.3 is 24.0 Å². The molecule has 0 aliphatic carbocycles. The second-order valence-electron chi connectivity index (χ2n) is 8.73. The Morgan fingerprint density at radius 3 is 2.51 bits per heavy atom. The van der Waals surface area contributed by atoms with Gasteiger partial charge in [0.15, 0.2) is 17.4 Å². The van der Waals surface area contributed by atoms with Gasteiger partial charge in [0.05, 0.1) is 37.6 Å². The molecule has 0 bridgehead atoms. The van der Waals surface area contributed by atoms with Gasteiger partial charge in [-0.25, -0.2) is 22.9 Å². The largest absolute Gasteiger partial charge is 0.463 e. The number of halogens is 3. The standard InChI is InChI=1S/C25H26F3N3O4/c1-2-33-24(32)17-12-16-13-20(28)23(30-8-6-25(7-9-30)34-10-3-11-35-25)29-22(16)31(15-17)21-5-4-18(26)14-19(21)27/h4-5,12-14H,2-3,6-11,15H2,1H3. The Morgan fingerprint density at radius 1 is 1.09 bits per heavy atom. The maximum Gasteiger partial charge on any atom is 0.335 e. The van der Waals surface area contributed by atoms with E-state index in [9.17, 15) is 13.6 Å². The second-order valence-corrected chi connectivity index (χ2v) is 8.73. The molecule has 0 saturated carbocycles. The lowest BCUT2D eigenvalue weighted by Crippen LogP contribution is -2.50. The number of anilines is 3. The summed E-state index contributed by atoms with van der Waals surface area (Å²) in [6.07, 6.45) is 3.48. The Labute approximate surface area is 201 Å². The first-order valence-electron chi connectivity index (χ1n) is 11.7. The number of nitrogens with zero attached hydrogens (tertiary/aromatic N) is 3. The number of hydrogen-bond donors (Lipinski definition) is 0. The van der Waals surface area contributed by atoms with Crippen LogP contribution in [0, 0.1) is 17.5 Å². The molecule has 2 saturated heterocycles. The Kier molecular flexibility index (Phi) is 6.41. The highest BCUT2D eigenvalue weighted by Gasteiger charge is 2.39. The molecule has 0 radical (unpaired) electrons. The molecule has 1 aromatic heterocycles. The van der Waals surface area contributed by atoms with Gasteiger partial charge in [0, 0.05) is 37.6 Å². The van der Waals surface area contributed by atoms with Crippen LogP contribution in [0.25, 0.3) is 6.08 Å². The fourth-order valence-electron chi connectivity index (χ4n) is 4.72. The maximum atomic E-state index is 15.3. The third kappa shape index (κ3) is 4.60.